The lowest BCUT2D eigenvalue weighted by molar-refractivity contribution is 0.111. The molecular weight excluding hydrogens is 256 g/mol. The van der Waals surface area contributed by atoms with Gasteiger partial charge in [-0.2, -0.15) is 0 Å². The highest BCUT2D eigenvalue weighted by Crippen LogP contribution is 2.21. The van der Waals surface area contributed by atoms with Gasteiger partial charge in [-0.25, -0.2) is 4.98 Å². The second kappa shape index (κ2) is 6.52. The summed E-state index contributed by atoms with van der Waals surface area (Å²) in [6.07, 6.45) is 6.31. The fraction of sp³-hybridized carbons (Fsp3) is 0.467. The molecule has 0 aromatic carbocycles. The number of hydrogen-bond acceptors (Lipinski definition) is 4. The van der Waals surface area contributed by atoms with Crippen LogP contribution in [0.4, 0.5) is 0 Å². The van der Waals surface area contributed by atoms with Gasteiger partial charge in [0.25, 0.3) is 0 Å². The van der Waals surface area contributed by atoms with Gasteiger partial charge < -0.3 is 13.9 Å². The summed E-state index contributed by atoms with van der Waals surface area (Å²) in [5.41, 5.74) is 2.31. The number of hydrogen-bond donors (Lipinski definition) is 0. The van der Waals surface area contributed by atoms with Crippen LogP contribution in [0.2, 0.25) is 0 Å². The van der Waals surface area contributed by atoms with Crippen molar-refractivity contribution in [2.24, 2.45) is 0 Å². The van der Waals surface area contributed by atoms with Gasteiger partial charge in [-0.15, -0.1) is 0 Å². The van der Waals surface area contributed by atoms with Crippen molar-refractivity contribution in [3.05, 3.63) is 29.7 Å². The van der Waals surface area contributed by atoms with Gasteiger partial charge in [0.15, 0.2) is 6.29 Å². The van der Waals surface area contributed by atoms with Gasteiger partial charge in [-0.05, 0) is 26.7 Å². The SMILES string of the molecule is COCCCc1cn2cc(C=O)c(OC(C)C)cc2n1. The molecule has 0 saturated carbocycles. The molecule has 0 aliphatic heterocycles. The molecule has 0 aliphatic carbocycles. The Labute approximate surface area is 118 Å². The minimum atomic E-state index is 0.0206. The maximum atomic E-state index is 11.1. The van der Waals surface area contributed by atoms with E-state index >= 15 is 0 Å². The summed E-state index contributed by atoms with van der Waals surface area (Å²) in [7, 11) is 1.69. The summed E-state index contributed by atoms with van der Waals surface area (Å²) >= 11 is 0. The smallest absolute Gasteiger partial charge is 0.155 e. The first kappa shape index (κ1) is 14.5. The molecule has 2 aromatic rings. The van der Waals surface area contributed by atoms with Crippen LogP contribution in [-0.4, -0.2) is 35.5 Å². The minimum Gasteiger partial charge on any atom is -0.490 e. The summed E-state index contributed by atoms with van der Waals surface area (Å²) < 4.78 is 12.5. The number of imidazole rings is 1. The van der Waals surface area contributed by atoms with E-state index in [0.717, 1.165) is 37.1 Å². The van der Waals surface area contributed by atoms with Crippen molar-refractivity contribution in [2.75, 3.05) is 13.7 Å². The number of carbonyl (C=O) groups excluding carboxylic acids is 1. The van der Waals surface area contributed by atoms with Crippen molar-refractivity contribution < 1.29 is 14.3 Å². The number of fused-ring (bicyclic) bond motifs is 1. The maximum absolute atomic E-state index is 11.1. The number of pyridine rings is 1. The largest absolute Gasteiger partial charge is 0.490 e. The Hall–Kier alpha value is -1.88. The van der Waals surface area contributed by atoms with E-state index in [9.17, 15) is 4.79 Å². The number of aromatic nitrogens is 2. The third-order valence-electron chi connectivity index (χ3n) is 2.90. The van der Waals surface area contributed by atoms with Crippen LogP contribution in [0.25, 0.3) is 5.65 Å². The second-order valence-corrected chi connectivity index (χ2v) is 4.97. The van der Waals surface area contributed by atoms with E-state index in [1.807, 2.05) is 30.5 Å². The number of nitrogens with zero attached hydrogens (tertiary/aromatic N) is 2. The molecule has 0 amide bonds. The monoisotopic (exact) mass is 276 g/mol. The summed E-state index contributed by atoms with van der Waals surface area (Å²) in [6.45, 7) is 4.58. The Morgan fingerprint density at radius 3 is 2.85 bits per heavy atom. The summed E-state index contributed by atoms with van der Waals surface area (Å²) in [5.74, 6) is 0.580. The molecule has 2 heterocycles. The Morgan fingerprint density at radius 2 is 2.20 bits per heavy atom. The first-order chi connectivity index (χ1) is 9.63. The van der Waals surface area contributed by atoms with Gasteiger partial charge in [0, 0.05) is 32.2 Å². The molecule has 5 heteroatoms. The standard InChI is InChI=1S/C15H20N2O3/c1-11(2)20-14-7-15-16-13(5-4-6-19-3)9-17(15)8-12(14)10-18/h7-11H,4-6H2,1-3H3. The fourth-order valence-electron chi connectivity index (χ4n) is 2.05. The second-order valence-electron chi connectivity index (χ2n) is 4.97. The molecule has 2 aromatic heterocycles. The lowest BCUT2D eigenvalue weighted by Crippen LogP contribution is -2.08. The summed E-state index contributed by atoms with van der Waals surface area (Å²) in [4.78, 5) is 15.7. The van der Waals surface area contributed by atoms with Crippen LogP contribution in [0, 0.1) is 0 Å². The molecule has 0 fully saturated rings. The van der Waals surface area contributed by atoms with E-state index in [1.165, 1.54) is 0 Å². The first-order valence-electron chi connectivity index (χ1n) is 6.76. The minimum absolute atomic E-state index is 0.0206. The van der Waals surface area contributed by atoms with Crippen molar-refractivity contribution in [3.8, 4) is 5.75 Å². The fourth-order valence-corrected chi connectivity index (χ4v) is 2.05. The highest BCUT2D eigenvalue weighted by molar-refractivity contribution is 5.80. The van der Waals surface area contributed by atoms with Crippen molar-refractivity contribution in [1.29, 1.82) is 0 Å². The molecule has 0 atom stereocenters. The van der Waals surface area contributed by atoms with Crippen LogP contribution in [0.15, 0.2) is 18.5 Å². The van der Waals surface area contributed by atoms with Gasteiger partial charge >= 0.3 is 0 Å². The van der Waals surface area contributed by atoms with Gasteiger partial charge in [-0.1, -0.05) is 0 Å². The Kier molecular flexibility index (Phi) is 4.74. The summed E-state index contributed by atoms with van der Waals surface area (Å²) in [6, 6.07) is 1.81. The van der Waals surface area contributed by atoms with E-state index in [4.69, 9.17) is 9.47 Å². The predicted molar refractivity (Wildman–Crippen MR) is 76.5 cm³/mol. The van der Waals surface area contributed by atoms with Crippen LogP contribution in [-0.2, 0) is 11.2 Å². The Morgan fingerprint density at radius 1 is 1.40 bits per heavy atom. The van der Waals surface area contributed by atoms with Gasteiger partial charge in [0.2, 0.25) is 0 Å². The third kappa shape index (κ3) is 3.36. The molecule has 0 N–H and O–H groups in total. The van der Waals surface area contributed by atoms with Gasteiger partial charge in [-0.3, -0.25) is 4.79 Å². The molecule has 5 nitrogen and oxygen atoms in total. The maximum Gasteiger partial charge on any atom is 0.155 e. The van der Waals surface area contributed by atoms with Crippen molar-refractivity contribution in [3.63, 3.8) is 0 Å². The van der Waals surface area contributed by atoms with Crippen LogP contribution in [0.3, 0.4) is 0 Å². The number of methoxy groups -OCH3 is 1. The highest BCUT2D eigenvalue weighted by Gasteiger charge is 2.10. The average molecular weight is 276 g/mol. The predicted octanol–water partition coefficient (Wildman–Crippen LogP) is 2.51. The molecule has 20 heavy (non-hydrogen) atoms. The van der Waals surface area contributed by atoms with E-state index in [2.05, 4.69) is 4.98 Å². The topological polar surface area (TPSA) is 52.8 Å². The molecule has 0 bridgehead atoms. The van der Waals surface area contributed by atoms with E-state index in [-0.39, 0.29) is 6.10 Å². The zero-order valence-corrected chi connectivity index (χ0v) is 12.1. The third-order valence-corrected chi connectivity index (χ3v) is 2.90. The van der Waals surface area contributed by atoms with E-state index in [0.29, 0.717) is 11.3 Å². The summed E-state index contributed by atoms with van der Waals surface area (Å²) in [5, 5.41) is 0. The Bertz CT molecular complexity index is 590. The van der Waals surface area contributed by atoms with E-state index < -0.39 is 0 Å². The zero-order chi connectivity index (χ0) is 14.5. The lowest BCUT2D eigenvalue weighted by atomic mass is 10.2. The van der Waals surface area contributed by atoms with Crippen LogP contribution in [0.1, 0.15) is 36.3 Å². The first-order valence-corrected chi connectivity index (χ1v) is 6.76. The number of aldehydes is 1. The molecule has 108 valence electrons. The molecule has 0 radical (unpaired) electrons. The quantitative estimate of drug-likeness (QED) is 0.576. The van der Waals surface area contributed by atoms with Crippen molar-refractivity contribution in [1.82, 2.24) is 9.38 Å². The Balaban J connectivity index is 2.29. The van der Waals surface area contributed by atoms with E-state index in [1.54, 1.807) is 13.3 Å². The highest BCUT2D eigenvalue weighted by atomic mass is 16.5. The van der Waals surface area contributed by atoms with Crippen LogP contribution < -0.4 is 4.74 Å². The number of rotatable bonds is 7. The number of ether oxygens (including phenoxy) is 2. The molecule has 0 unspecified atom stereocenters. The normalized spacial score (nSPS) is 11.2. The lowest BCUT2D eigenvalue weighted by Gasteiger charge is -2.11. The van der Waals surface area contributed by atoms with Gasteiger partial charge in [0.1, 0.15) is 11.4 Å². The molecule has 2 rings (SSSR count). The van der Waals surface area contributed by atoms with Crippen molar-refractivity contribution in [2.45, 2.75) is 32.8 Å². The van der Waals surface area contributed by atoms with Crippen LogP contribution >= 0.6 is 0 Å². The van der Waals surface area contributed by atoms with Crippen molar-refractivity contribution >= 4 is 11.9 Å². The van der Waals surface area contributed by atoms with Gasteiger partial charge in [0.05, 0.1) is 17.4 Å². The number of carbonyl (C=O) groups is 1. The van der Waals surface area contributed by atoms with Crippen LogP contribution in [0.5, 0.6) is 5.75 Å². The molecule has 0 spiro atoms. The zero-order valence-electron chi connectivity index (χ0n) is 12.1. The average Bonchev–Trinajstić information content (AvgIpc) is 2.79. The molecule has 0 saturated heterocycles. The molecule has 0 aliphatic rings. The number of aryl methyl sites for hydroxylation is 1. The molecular formula is C15H20N2O3.